The number of hydrogen-bond acceptors (Lipinski definition) is 21. The summed E-state index contributed by atoms with van der Waals surface area (Å²) in [6.07, 6.45) is -25.4. The van der Waals surface area contributed by atoms with E-state index < -0.39 is 149 Å². The molecule has 0 amide bonds. The van der Waals surface area contributed by atoms with Gasteiger partial charge in [0.25, 0.3) is 0 Å². The van der Waals surface area contributed by atoms with Crippen molar-refractivity contribution in [3.63, 3.8) is 0 Å². The van der Waals surface area contributed by atoms with E-state index in [9.17, 15) is 61.3 Å². The maximum absolute atomic E-state index is 10.7. The van der Waals surface area contributed by atoms with Crippen LogP contribution in [0.25, 0.3) is 0 Å². The molecule has 0 spiro atoms. The first-order valence-corrected chi connectivity index (χ1v) is 18.1. The lowest BCUT2D eigenvalue weighted by Crippen LogP contribution is -2.46. The molecule has 0 unspecified atom stereocenters. The molecule has 21 heteroatoms. The molecule has 21 nitrogen and oxygen atoms in total. The predicted molar refractivity (Wildman–Crippen MR) is 171 cm³/mol. The first-order chi connectivity index (χ1) is 25.2. The minimum absolute atomic E-state index is 0.277. The van der Waals surface area contributed by atoms with Gasteiger partial charge in [0.2, 0.25) is 0 Å². The van der Waals surface area contributed by atoms with Gasteiger partial charge in [-0.3, -0.25) is 0 Å². The maximum atomic E-state index is 10.7. The van der Waals surface area contributed by atoms with E-state index in [1.807, 2.05) is 0 Å². The SMILES string of the molecule is CCCCCCCCO[C@@H]1O[C@@H]([C@H](O)CO[C@@H]2O[C@@H]([C@@H](CO)O[C@@H]3O[C@@H]([C@H](O)CO[C@@H]4O[C@@H]([C@H](O)CO)[C@H](O)[C@H]4O)[C@H](O)[C@H]3O)[C@H](O)[C@H]2O)[C@H](O)[C@H]1O. The van der Waals surface area contributed by atoms with Gasteiger partial charge < -0.3 is 104 Å². The third-order valence-corrected chi connectivity index (χ3v) is 9.85. The maximum Gasteiger partial charge on any atom is 0.187 e. The highest BCUT2D eigenvalue weighted by atomic mass is 16.8. The van der Waals surface area contributed by atoms with Gasteiger partial charge in [-0.15, -0.1) is 0 Å². The molecule has 4 saturated heterocycles. The standard InChI is InChI=1S/C32H58O21/c1-2-3-4-5-6-7-8-46-29-21(42)18(39)26(51-29)14(36)11-48-31-23(44)20(41)28(53-31)16(10-34)49-32-24(45)19(40)27(52-32)15(37)12-47-30-22(43)17(38)25(50-30)13(35)9-33/h13-45H,2-12H2,1H3/t13-,14-,15-,16-,17-,18-,19-,20-,21-,22-,23-,24-,25+,26+,27+,28+,29-,30-,31-,32-/m1/s1. The minimum Gasteiger partial charge on any atom is -0.394 e. The van der Waals surface area contributed by atoms with Crippen LogP contribution in [-0.2, 0) is 37.9 Å². The molecule has 0 aliphatic carbocycles. The van der Waals surface area contributed by atoms with Gasteiger partial charge in [-0.1, -0.05) is 39.0 Å². The van der Waals surface area contributed by atoms with Crippen molar-refractivity contribution in [2.75, 3.05) is 33.0 Å². The highest BCUT2D eigenvalue weighted by Crippen LogP contribution is 2.32. The Morgan fingerprint density at radius 3 is 1.34 bits per heavy atom. The van der Waals surface area contributed by atoms with E-state index in [2.05, 4.69) is 6.92 Å². The van der Waals surface area contributed by atoms with Crippen molar-refractivity contribution in [2.24, 2.45) is 0 Å². The van der Waals surface area contributed by atoms with Crippen molar-refractivity contribution >= 4 is 0 Å². The van der Waals surface area contributed by atoms with Crippen LogP contribution in [0.3, 0.4) is 0 Å². The fraction of sp³-hybridized carbons (Fsp3) is 1.00. The van der Waals surface area contributed by atoms with E-state index in [0.29, 0.717) is 0 Å². The molecule has 20 atom stereocenters. The van der Waals surface area contributed by atoms with Gasteiger partial charge in [0.05, 0.1) is 26.4 Å². The molecule has 0 bridgehead atoms. The number of hydrogen-bond donors (Lipinski definition) is 13. The number of rotatable bonds is 22. The monoisotopic (exact) mass is 778 g/mol. The van der Waals surface area contributed by atoms with Gasteiger partial charge in [0.1, 0.15) is 97.7 Å². The second kappa shape index (κ2) is 21.1. The van der Waals surface area contributed by atoms with Crippen LogP contribution in [0.1, 0.15) is 45.4 Å². The molecule has 4 aliphatic rings. The zero-order valence-corrected chi connectivity index (χ0v) is 29.4. The average molecular weight is 779 g/mol. The topological polar surface area (TPSA) is 337 Å². The Labute approximate surface area is 305 Å². The average Bonchev–Trinajstić information content (AvgIpc) is 3.81. The fourth-order valence-corrected chi connectivity index (χ4v) is 6.63. The van der Waals surface area contributed by atoms with Gasteiger partial charge in [-0.25, -0.2) is 0 Å². The Morgan fingerprint density at radius 1 is 0.453 bits per heavy atom. The van der Waals surface area contributed by atoms with Crippen molar-refractivity contribution in [2.45, 2.75) is 168 Å². The van der Waals surface area contributed by atoms with Gasteiger partial charge in [0, 0.05) is 6.61 Å². The second-order valence-corrected chi connectivity index (χ2v) is 13.8. The molecule has 4 rings (SSSR count). The summed E-state index contributed by atoms with van der Waals surface area (Å²) in [6.45, 7) is -0.539. The molecule has 0 aromatic carbocycles. The third-order valence-electron chi connectivity index (χ3n) is 9.85. The predicted octanol–water partition coefficient (Wildman–Crippen LogP) is -6.36. The molecule has 312 valence electrons. The van der Waals surface area contributed by atoms with E-state index in [1.165, 1.54) is 0 Å². The normalized spacial score (nSPS) is 42.7. The van der Waals surface area contributed by atoms with E-state index in [-0.39, 0.29) is 6.61 Å². The Bertz CT molecular complexity index is 1050. The van der Waals surface area contributed by atoms with Crippen LogP contribution >= 0.6 is 0 Å². The summed E-state index contributed by atoms with van der Waals surface area (Å²) in [5.74, 6) is 0. The molecular weight excluding hydrogens is 720 g/mol. The van der Waals surface area contributed by atoms with Crippen LogP contribution in [0.4, 0.5) is 0 Å². The molecule has 4 aliphatic heterocycles. The van der Waals surface area contributed by atoms with Crippen molar-refractivity contribution in [3.05, 3.63) is 0 Å². The molecule has 0 radical (unpaired) electrons. The third kappa shape index (κ3) is 11.0. The first kappa shape index (κ1) is 44.9. The lowest BCUT2D eigenvalue weighted by molar-refractivity contribution is -0.250. The molecule has 0 aromatic heterocycles. The van der Waals surface area contributed by atoms with E-state index >= 15 is 0 Å². The van der Waals surface area contributed by atoms with Gasteiger partial charge in [-0.05, 0) is 6.42 Å². The molecule has 13 N–H and O–H groups in total. The van der Waals surface area contributed by atoms with Gasteiger partial charge >= 0.3 is 0 Å². The Kier molecular flexibility index (Phi) is 17.8. The second-order valence-electron chi connectivity index (χ2n) is 13.8. The van der Waals surface area contributed by atoms with Crippen LogP contribution in [0.15, 0.2) is 0 Å². The molecule has 0 aromatic rings. The molecule has 4 heterocycles. The summed E-state index contributed by atoms with van der Waals surface area (Å²) in [4.78, 5) is 0. The quantitative estimate of drug-likeness (QED) is 0.0455. The summed E-state index contributed by atoms with van der Waals surface area (Å²) in [7, 11) is 0. The Hall–Kier alpha value is -0.840. The smallest absolute Gasteiger partial charge is 0.187 e. The van der Waals surface area contributed by atoms with Crippen molar-refractivity contribution < 1.29 is 104 Å². The van der Waals surface area contributed by atoms with Crippen LogP contribution < -0.4 is 0 Å². The first-order valence-electron chi connectivity index (χ1n) is 18.1. The zero-order valence-electron chi connectivity index (χ0n) is 29.4. The lowest BCUT2D eigenvalue weighted by atomic mass is 10.1. The number of ether oxygens (including phenoxy) is 8. The summed E-state index contributed by atoms with van der Waals surface area (Å²) < 4.78 is 43.6. The molecule has 4 fully saturated rings. The van der Waals surface area contributed by atoms with Crippen molar-refractivity contribution in [1.82, 2.24) is 0 Å². The summed E-state index contributed by atoms with van der Waals surface area (Å²) in [5.41, 5.74) is 0. The van der Waals surface area contributed by atoms with Crippen LogP contribution in [-0.4, -0.2) is 222 Å². The van der Waals surface area contributed by atoms with E-state index in [4.69, 9.17) is 43.0 Å². The fourth-order valence-electron chi connectivity index (χ4n) is 6.63. The van der Waals surface area contributed by atoms with Crippen LogP contribution in [0.2, 0.25) is 0 Å². The van der Waals surface area contributed by atoms with Crippen molar-refractivity contribution in [3.8, 4) is 0 Å². The molecular formula is C32H58O21. The summed E-state index contributed by atoms with van der Waals surface area (Å²) >= 11 is 0. The van der Waals surface area contributed by atoms with Gasteiger partial charge in [-0.2, -0.15) is 0 Å². The van der Waals surface area contributed by atoms with Crippen LogP contribution in [0, 0.1) is 0 Å². The zero-order chi connectivity index (χ0) is 39.0. The van der Waals surface area contributed by atoms with Crippen LogP contribution in [0.5, 0.6) is 0 Å². The number of aliphatic hydroxyl groups is 13. The number of aliphatic hydroxyl groups excluding tert-OH is 13. The highest BCUT2D eigenvalue weighted by molar-refractivity contribution is 4.96. The van der Waals surface area contributed by atoms with Crippen molar-refractivity contribution in [1.29, 1.82) is 0 Å². The minimum atomic E-state index is -1.82. The highest BCUT2D eigenvalue weighted by Gasteiger charge is 2.53. The lowest BCUT2D eigenvalue weighted by Gasteiger charge is -2.28. The van der Waals surface area contributed by atoms with E-state index in [1.54, 1.807) is 0 Å². The molecule has 53 heavy (non-hydrogen) atoms. The summed E-state index contributed by atoms with van der Waals surface area (Å²) in [5, 5.41) is 134. The van der Waals surface area contributed by atoms with E-state index in [0.717, 1.165) is 38.5 Å². The van der Waals surface area contributed by atoms with Gasteiger partial charge in [0.15, 0.2) is 25.2 Å². The molecule has 0 saturated carbocycles. The largest absolute Gasteiger partial charge is 0.394 e. The Balaban J connectivity index is 1.23. The summed E-state index contributed by atoms with van der Waals surface area (Å²) in [6, 6.07) is 0. The number of unbranched alkanes of at least 4 members (excludes halogenated alkanes) is 5. The Morgan fingerprint density at radius 2 is 0.849 bits per heavy atom.